The zero-order chi connectivity index (χ0) is 40.1. The van der Waals surface area contributed by atoms with Crippen molar-refractivity contribution in [3.8, 4) is 22.3 Å². The molecule has 0 spiro atoms. The van der Waals surface area contributed by atoms with Crippen molar-refractivity contribution in [2.45, 2.75) is 24.6 Å². The molecule has 0 saturated carbocycles. The average Bonchev–Trinajstić information content (AvgIpc) is 3.85. The summed E-state index contributed by atoms with van der Waals surface area (Å²) >= 11 is 2.55. The zero-order valence-electron chi connectivity index (χ0n) is 29.4. The van der Waals surface area contributed by atoms with Crippen LogP contribution in [0.2, 0.25) is 0 Å². The van der Waals surface area contributed by atoms with E-state index in [4.69, 9.17) is 0 Å². The third kappa shape index (κ3) is 7.81. The molecular formula is C45H29F6NO3S2. The van der Waals surface area contributed by atoms with Gasteiger partial charge in [0.1, 0.15) is 12.2 Å². The summed E-state index contributed by atoms with van der Waals surface area (Å²) in [5.74, 6) is -0.367. The molecule has 286 valence electrons. The van der Waals surface area contributed by atoms with Crippen LogP contribution >= 0.6 is 22.7 Å². The lowest BCUT2D eigenvalue weighted by Crippen LogP contribution is -2.11. The van der Waals surface area contributed by atoms with Crippen molar-refractivity contribution in [2.24, 2.45) is 0 Å². The molecule has 1 amide bonds. The van der Waals surface area contributed by atoms with Crippen LogP contribution in [-0.4, -0.2) is 16.1 Å². The monoisotopic (exact) mass is 809 g/mol. The van der Waals surface area contributed by atoms with Gasteiger partial charge in [-0.05, 0) is 105 Å². The van der Waals surface area contributed by atoms with Gasteiger partial charge in [0.05, 0.1) is 11.1 Å². The number of rotatable bonds is 8. The fraction of sp³-hybridized carbons (Fsp3) is 0.0889. The molecule has 0 bridgehead atoms. The van der Waals surface area contributed by atoms with Crippen LogP contribution in [0.5, 0.6) is 0 Å². The number of aliphatic hydroxyl groups excluding tert-OH is 2. The summed E-state index contributed by atoms with van der Waals surface area (Å²) in [6.07, 6.45) is -11.6. The fourth-order valence-electron chi connectivity index (χ4n) is 6.78. The van der Waals surface area contributed by atoms with Crippen molar-refractivity contribution >= 4 is 54.4 Å². The highest BCUT2D eigenvalue weighted by Gasteiger charge is 2.32. The topological polar surface area (TPSA) is 69.6 Å². The lowest BCUT2D eigenvalue weighted by Gasteiger charge is -2.12. The zero-order valence-corrected chi connectivity index (χ0v) is 31.0. The number of amides is 1. The molecule has 8 aromatic rings. The normalized spacial score (nSPS) is 13.2. The Hall–Kier alpha value is -5.79. The van der Waals surface area contributed by atoms with Gasteiger partial charge in [0.25, 0.3) is 5.91 Å². The molecule has 2 atom stereocenters. The predicted molar refractivity (Wildman–Crippen MR) is 213 cm³/mol. The first-order valence-corrected chi connectivity index (χ1v) is 19.1. The van der Waals surface area contributed by atoms with Crippen LogP contribution in [0.15, 0.2) is 146 Å². The molecule has 0 radical (unpaired) electrons. The Morgan fingerprint density at radius 3 is 1.49 bits per heavy atom. The van der Waals surface area contributed by atoms with E-state index < -0.39 is 35.7 Å². The van der Waals surface area contributed by atoms with E-state index in [1.54, 1.807) is 42.5 Å². The lowest BCUT2D eigenvalue weighted by molar-refractivity contribution is -0.138. The van der Waals surface area contributed by atoms with Gasteiger partial charge in [0.2, 0.25) is 0 Å². The second kappa shape index (κ2) is 14.9. The van der Waals surface area contributed by atoms with Gasteiger partial charge in [-0.15, -0.1) is 22.7 Å². The van der Waals surface area contributed by atoms with Crippen LogP contribution in [0, 0.1) is 0 Å². The maximum absolute atomic E-state index is 13.7. The molecule has 6 aromatic carbocycles. The minimum atomic E-state index is -4.54. The lowest BCUT2D eigenvalue weighted by atomic mass is 10.0. The van der Waals surface area contributed by atoms with Crippen LogP contribution in [-0.2, 0) is 12.4 Å². The summed E-state index contributed by atoms with van der Waals surface area (Å²) in [4.78, 5) is 14.6. The van der Waals surface area contributed by atoms with E-state index in [1.807, 2.05) is 54.6 Å². The molecule has 0 aliphatic carbocycles. The Morgan fingerprint density at radius 1 is 0.526 bits per heavy atom. The first-order valence-electron chi connectivity index (χ1n) is 17.5. The van der Waals surface area contributed by atoms with Crippen LogP contribution in [0.4, 0.5) is 32.0 Å². The van der Waals surface area contributed by atoms with Gasteiger partial charge < -0.3 is 15.5 Å². The number of thiophene rings is 2. The molecular weight excluding hydrogens is 781 g/mol. The Labute approximate surface area is 329 Å². The molecule has 0 aliphatic heterocycles. The van der Waals surface area contributed by atoms with Crippen LogP contribution in [0.3, 0.4) is 0 Å². The smallest absolute Gasteiger partial charge is 0.383 e. The van der Waals surface area contributed by atoms with E-state index >= 15 is 0 Å². The molecule has 4 nitrogen and oxygen atoms in total. The molecule has 12 heteroatoms. The Kier molecular flexibility index (Phi) is 9.99. The molecule has 57 heavy (non-hydrogen) atoms. The third-order valence-electron chi connectivity index (χ3n) is 9.59. The highest BCUT2D eigenvalue weighted by molar-refractivity contribution is 7.20. The van der Waals surface area contributed by atoms with Gasteiger partial charge in [0, 0.05) is 30.4 Å². The summed E-state index contributed by atoms with van der Waals surface area (Å²) in [5, 5.41) is 26.8. The van der Waals surface area contributed by atoms with Crippen molar-refractivity contribution in [3.05, 3.63) is 183 Å². The highest BCUT2D eigenvalue weighted by Crippen LogP contribution is 2.42. The van der Waals surface area contributed by atoms with Crippen LogP contribution in [0.25, 0.3) is 42.4 Å². The van der Waals surface area contributed by atoms with E-state index in [9.17, 15) is 41.4 Å². The van der Waals surface area contributed by atoms with E-state index in [0.29, 0.717) is 21.0 Å². The number of hydrogen-bond donors (Lipinski definition) is 3. The Balaban J connectivity index is 1.03. The molecule has 2 aromatic heterocycles. The number of carbonyl (C=O) groups is 1. The van der Waals surface area contributed by atoms with Crippen LogP contribution < -0.4 is 5.32 Å². The largest absolute Gasteiger partial charge is 0.416 e. The Bertz CT molecular complexity index is 2790. The van der Waals surface area contributed by atoms with Crippen molar-refractivity contribution in [2.75, 3.05) is 5.32 Å². The van der Waals surface area contributed by atoms with Gasteiger partial charge >= 0.3 is 12.4 Å². The highest BCUT2D eigenvalue weighted by atomic mass is 32.1. The van der Waals surface area contributed by atoms with Crippen molar-refractivity contribution in [1.29, 1.82) is 0 Å². The molecule has 0 saturated heterocycles. The predicted octanol–water partition coefficient (Wildman–Crippen LogP) is 12.9. The number of alkyl halides is 6. The standard InChI is InChI=1S/C45H29F6NO3S2/c46-44(47,48)32-14-2-9-27(20-32)39(53)37-23-29-11-5-17-35(41(29)56-37)25-7-1-13-31(19-25)43(55)52-34-16-4-8-26(22-34)36-18-6-12-30-24-38(57-42(30)36)40(54)28-10-3-15-33(21-28)45(49,50)51/h1-24,39-40,53-54H,(H,52,55). The summed E-state index contributed by atoms with van der Waals surface area (Å²) in [7, 11) is 0. The number of halogens is 6. The molecule has 0 fully saturated rings. The minimum absolute atomic E-state index is 0.130. The average molecular weight is 810 g/mol. The molecule has 2 heterocycles. The second-order valence-corrected chi connectivity index (χ2v) is 15.6. The van der Waals surface area contributed by atoms with Gasteiger partial charge in [-0.1, -0.05) is 84.9 Å². The van der Waals surface area contributed by atoms with Crippen molar-refractivity contribution in [1.82, 2.24) is 0 Å². The van der Waals surface area contributed by atoms with Crippen molar-refractivity contribution < 1.29 is 41.4 Å². The van der Waals surface area contributed by atoms with E-state index in [0.717, 1.165) is 66.7 Å². The number of hydrogen-bond acceptors (Lipinski definition) is 5. The van der Waals surface area contributed by atoms with Crippen molar-refractivity contribution in [3.63, 3.8) is 0 Å². The quantitative estimate of drug-likeness (QED) is 0.134. The molecule has 0 aliphatic rings. The first kappa shape index (κ1) is 38.1. The molecule has 8 rings (SSSR count). The first-order chi connectivity index (χ1) is 27.2. The van der Waals surface area contributed by atoms with Gasteiger partial charge in [0.15, 0.2) is 0 Å². The van der Waals surface area contributed by atoms with Gasteiger partial charge in [-0.25, -0.2) is 0 Å². The van der Waals surface area contributed by atoms with Crippen LogP contribution in [0.1, 0.15) is 54.6 Å². The maximum Gasteiger partial charge on any atom is 0.416 e. The summed E-state index contributed by atoms with van der Waals surface area (Å²) in [6.45, 7) is 0. The second-order valence-electron chi connectivity index (χ2n) is 13.4. The number of benzene rings is 6. The Morgan fingerprint density at radius 2 is 0.982 bits per heavy atom. The van der Waals surface area contributed by atoms with E-state index in [2.05, 4.69) is 5.32 Å². The minimum Gasteiger partial charge on any atom is -0.383 e. The van der Waals surface area contributed by atoms with E-state index in [1.165, 1.54) is 46.9 Å². The fourth-order valence-corrected chi connectivity index (χ4v) is 9.20. The summed E-state index contributed by atoms with van der Waals surface area (Å²) in [5.41, 5.74) is 2.61. The van der Waals surface area contributed by atoms with E-state index in [-0.39, 0.29) is 17.0 Å². The number of anilines is 1. The summed E-state index contributed by atoms with van der Waals surface area (Å²) in [6, 6.07) is 38.3. The maximum atomic E-state index is 13.7. The number of aliphatic hydroxyl groups is 2. The SMILES string of the molecule is O=C(Nc1cccc(-c2cccc3cc(C(O)c4cccc(C(F)(F)F)c4)sc23)c1)c1cccc(-c2cccc3cc(C(O)c4cccc(C(F)(F)F)c4)sc23)c1. The molecule has 2 unspecified atom stereocenters. The van der Waals surface area contributed by atoms with Gasteiger partial charge in [-0.2, -0.15) is 26.3 Å². The molecule has 3 N–H and O–H groups in total. The summed E-state index contributed by atoms with van der Waals surface area (Å²) < 4.78 is 81.8. The third-order valence-corrected chi connectivity index (χ3v) is 12.1. The number of fused-ring (bicyclic) bond motifs is 2. The van der Waals surface area contributed by atoms with Gasteiger partial charge in [-0.3, -0.25) is 4.79 Å². The number of carbonyl (C=O) groups excluding carboxylic acids is 1. The number of nitrogens with one attached hydrogen (secondary N) is 1.